The molecular weight excluding hydrogens is 252 g/mol. The molecule has 104 valence electrons. The number of hydrogen-bond acceptors (Lipinski definition) is 3. The van der Waals surface area contributed by atoms with Crippen LogP contribution >= 0.6 is 11.8 Å². The second kappa shape index (κ2) is 5.76. The molecule has 0 aromatic heterocycles. The summed E-state index contributed by atoms with van der Waals surface area (Å²) >= 11 is 2.10. The lowest BCUT2D eigenvalue weighted by Crippen LogP contribution is -2.45. The van der Waals surface area contributed by atoms with Gasteiger partial charge in [0, 0.05) is 41.9 Å². The van der Waals surface area contributed by atoms with Crippen LogP contribution in [0.3, 0.4) is 0 Å². The van der Waals surface area contributed by atoms with Crippen molar-refractivity contribution in [2.24, 2.45) is 0 Å². The van der Waals surface area contributed by atoms with E-state index in [1.54, 1.807) is 0 Å². The minimum Gasteiger partial charge on any atom is -0.367 e. The summed E-state index contributed by atoms with van der Waals surface area (Å²) in [6.45, 7) is 6.91. The van der Waals surface area contributed by atoms with E-state index in [4.69, 9.17) is 0 Å². The van der Waals surface area contributed by atoms with Gasteiger partial charge in [0.05, 0.1) is 0 Å². The number of thioether (sulfide) groups is 1. The van der Waals surface area contributed by atoms with Gasteiger partial charge in [0.1, 0.15) is 0 Å². The highest BCUT2D eigenvalue weighted by Gasteiger charge is 2.27. The third-order valence-corrected chi connectivity index (χ3v) is 5.68. The van der Waals surface area contributed by atoms with Crippen LogP contribution in [0.2, 0.25) is 0 Å². The van der Waals surface area contributed by atoms with Crippen LogP contribution in [0.5, 0.6) is 0 Å². The summed E-state index contributed by atoms with van der Waals surface area (Å²) in [4.78, 5) is 2.60. The van der Waals surface area contributed by atoms with E-state index in [0.29, 0.717) is 6.04 Å². The van der Waals surface area contributed by atoms with Gasteiger partial charge in [-0.3, -0.25) is 0 Å². The molecule has 0 spiro atoms. The Morgan fingerprint density at radius 2 is 2.05 bits per heavy atom. The molecule has 1 aliphatic carbocycles. The van der Waals surface area contributed by atoms with Crippen LogP contribution < -0.4 is 10.2 Å². The van der Waals surface area contributed by atoms with Crippen molar-refractivity contribution < 1.29 is 0 Å². The molecule has 3 rings (SSSR count). The molecule has 1 aliphatic heterocycles. The van der Waals surface area contributed by atoms with Crippen molar-refractivity contribution in [2.45, 2.75) is 50.6 Å². The minimum absolute atomic E-state index is 0.626. The largest absolute Gasteiger partial charge is 0.367 e. The molecule has 1 heterocycles. The first-order chi connectivity index (χ1) is 9.25. The first-order valence-electron chi connectivity index (χ1n) is 7.45. The van der Waals surface area contributed by atoms with Gasteiger partial charge < -0.3 is 10.2 Å². The smallest absolute Gasteiger partial charge is 0.0414 e. The number of nitrogens with zero attached hydrogens (tertiary/aromatic N) is 1. The van der Waals surface area contributed by atoms with Crippen molar-refractivity contribution in [2.75, 3.05) is 17.2 Å². The lowest BCUT2D eigenvalue weighted by Gasteiger charge is -2.40. The first kappa shape index (κ1) is 13.3. The highest BCUT2D eigenvalue weighted by atomic mass is 32.2. The van der Waals surface area contributed by atoms with Crippen LogP contribution in [0.15, 0.2) is 24.3 Å². The van der Waals surface area contributed by atoms with Gasteiger partial charge >= 0.3 is 0 Å². The maximum absolute atomic E-state index is 3.65. The zero-order valence-electron chi connectivity index (χ0n) is 11.9. The average molecular weight is 276 g/mol. The Labute approximate surface area is 121 Å². The predicted octanol–water partition coefficient (Wildman–Crippen LogP) is 3.27. The molecule has 2 fully saturated rings. The standard InChI is InChI=1S/C16H24N2S/c1-12-13(2)19-10-9-18(12)16-6-4-3-5-14(16)11-17-15-7-8-15/h3-6,12-13,15,17H,7-11H2,1-2H3. The third kappa shape index (κ3) is 3.09. The molecule has 0 radical (unpaired) electrons. The van der Waals surface area contributed by atoms with Gasteiger partial charge in [0.2, 0.25) is 0 Å². The summed E-state index contributed by atoms with van der Waals surface area (Å²) in [6, 6.07) is 10.3. The van der Waals surface area contributed by atoms with Gasteiger partial charge in [-0.2, -0.15) is 11.8 Å². The van der Waals surface area contributed by atoms with Crippen molar-refractivity contribution in [3.05, 3.63) is 29.8 Å². The number of para-hydroxylation sites is 1. The summed E-state index contributed by atoms with van der Waals surface area (Å²) in [5.74, 6) is 1.25. The molecule has 19 heavy (non-hydrogen) atoms. The molecular formula is C16H24N2S. The zero-order chi connectivity index (χ0) is 13.2. The maximum atomic E-state index is 3.65. The van der Waals surface area contributed by atoms with Crippen LogP contribution in [-0.2, 0) is 6.54 Å². The van der Waals surface area contributed by atoms with E-state index in [0.717, 1.165) is 17.8 Å². The van der Waals surface area contributed by atoms with Crippen LogP contribution in [0.4, 0.5) is 5.69 Å². The van der Waals surface area contributed by atoms with Crippen LogP contribution in [0.25, 0.3) is 0 Å². The quantitative estimate of drug-likeness (QED) is 0.908. The molecule has 2 nitrogen and oxygen atoms in total. The van der Waals surface area contributed by atoms with Crippen LogP contribution in [0, 0.1) is 0 Å². The van der Waals surface area contributed by atoms with Crippen molar-refractivity contribution in [3.8, 4) is 0 Å². The number of rotatable bonds is 4. The molecule has 2 atom stereocenters. The fourth-order valence-electron chi connectivity index (χ4n) is 2.76. The highest BCUT2D eigenvalue weighted by Crippen LogP contribution is 2.31. The van der Waals surface area contributed by atoms with E-state index >= 15 is 0 Å². The maximum Gasteiger partial charge on any atom is 0.0414 e. The SMILES string of the molecule is CC1SCCN(c2ccccc2CNC2CC2)C1C. The first-order valence-corrected chi connectivity index (χ1v) is 8.50. The number of benzene rings is 1. The Hall–Kier alpha value is -0.670. The molecule has 2 unspecified atom stereocenters. The van der Waals surface area contributed by atoms with Crippen LogP contribution in [-0.4, -0.2) is 29.6 Å². The van der Waals surface area contributed by atoms with Crippen molar-refractivity contribution in [1.82, 2.24) is 5.32 Å². The second-order valence-electron chi connectivity index (χ2n) is 5.79. The fourth-order valence-corrected chi connectivity index (χ4v) is 3.85. The molecule has 2 aliphatic rings. The fraction of sp³-hybridized carbons (Fsp3) is 0.625. The van der Waals surface area contributed by atoms with Crippen LogP contribution in [0.1, 0.15) is 32.3 Å². The van der Waals surface area contributed by atoms with E-state index in [-0.39, 0.29) is 0 Å². The third-order valence-electron chi connectivity index (χ3n) is 4.34. The molecule has 1 saturated heterocycles. The van der Waals surface area contributed by atoms with Gasteiger partial charge in [-0.15, -0.1) is 0 Å². The summed E-state index contributed by atoms with van der Waals surface area (Å²) in [7, 11) is 0. The lowest BCUT2D eigenvalue weighted by atomic mass is 10.1. The van der Waals surface area contributed by atoms with Gasteiger partial charge in [-0.1, -0.05) is 25.1 Å². The average Bonchev–Trinajstić information content (AvgIpc) is 3.24. The Bertz CT molecular complexity index is 431. The van der Waals surface area contributed by atoms with Crippen molar-refractivity contribution in [3.63, 3.8) is 0 Å². The minimum atomic E-state index is 0.626. The molecule has 0 bridgehead atoms. The Morgan fingerprint density at radius 1 is 1.26 bits per heavy atom. The summed E-state index contributed by atoms with van der Waals surface area (Å²) in [5.41, 5.74) is 2.90. The van der Waals surface area contributed by atoms with Crippen molar-refractivity contribution >= 4 is 17.4 Å². The van der Waals surface area contributed by atoms with Gasteiger partial charge in [-0.25, -0.2) is 0 Å². The Kier molecular flexibility index (Phi) is 4.04. The molecule has 0 amide bonds. The van der Waals surface area contributed by atoms with E-state index in [1.807, 2.05) is 0 Å². The molecule has 1 aromatic rings. The number of hydrogen-bond donors (Lipinski definition) is 1. The molecule has 1 aromatic carbocycles. The van der Waals surface area contributed by atoms with E-state index in [1.165, 1.54) is 36.4 Å². The monoisotopic (exact) mass is 276 g/mol. The summed E-state index contributed by atoms with van der Waals surface area (Å²) in [5, 5.41) is 4.37. The zero-order valence-corrected chi connectivity index (χ0v) is 12.7. The highest BCUT2D eigenvalue weighted by molar-refractivity contribution is 8.00. The second-order valence-corrected chi connectivity index (χ2v) is 7.28. The number of anilines is 1. The number of nitrogens with one attached hydrogen (secondary N) is 1. The summed E-state index contributed by atoms with van der Waals surface area (Å²) in [6.07, 6.45) is 2.71. The van der Waals surface area contributed by atoms with E-state index in [9.17, 15) is 0 Å². The van der Waals surface area contributed by atoms with Gasteiger partial charge in [0.15, 0.2) is 0 Å². The van der Waals surface area contributed by atoms with E-state index in [2.05, 4.69) is 60.1 Å². The summed E-state index contributed by atoms with van der Waals surface area (Å²) < 4.78 is 0. The Morgan fingerprint density at radius 3 is 2.84 bits per heavy atom. The molecule has 3 heteroatoms. The molecule has 1 saturated carbocycles. The van der Waals surface area contributed by atoms with E-state index < -0.39 is 0 Å². The Balaban J connectivity index is 1.77. The van der Waals surface area contributed by atoms with Gasteiger partial charge in [-0.05, 0) is 31.4 Å². The van der Waals surface area contributed by atoms with Gasteiger partial charge in [0.25, 0.3) is 0 Å². The normalized spacial score (nSPS) is 27.6. The predicted molar refractivity (Wildman–Crippen MR) is 85.0 cm³/mol. The molecule has 1 N–H and O–H groups in total. The topological polar surface area (TPSA) is 15.3 Å². The van der Waals surface area contributed by atoms with Crippen molar-refractivity contribution in [1.29, 1.82) is 0 Å². The lowest BCUT2D eigenvalue weighted by molar-refractivity contribution is 0.618.